The van der Waals surface area contributed by atoms with Gasteiger partial charge in [0, 0.05) is 126 Å². The lowest BCUT2D eigenvalue weighted by Gasteiger charge is -2.24. The molecule has 0 aliphatic carbocycles. The van der Waals surface area contributed by atoms with E-state index in [1.807, 2.05) is 88.3 Å². The maximum atomic E-state index is 13.5. The van der Waals surface area contributed by atoms with Crippen LogP contribution in [0.4, 0.5) is 16.2 Å². The van der Waals surface area contributed by atoms with Gasteiger partial charge in [0.15, 0.2) is 5.78 Å². The van der Waals surface area contributed by atoms with Gasteiger partial charge in [0.1, 0.15) is 34.7 Å². The number of nitrogens with zero attached hydrogens (tertiary/aromatic N) is 1. The van der Waals surface area contributed by atoms with Crippen molar-refractivity contribution in [1.29, 1.82) is 0 Å². The zero-order valence-corrected chi connectivity index (χ0v) is 62.8. The summed E-state index contributed by atoms with van der Waals surface area (Å²) in [7, 11) is 0. The smallest absolute Gasteiger partial charge is 0.312 e. The van der Waals surface area contributed by atoms with E-state index < -0.39 is 22.9 Å². The third kappa shape index (κ3) is 50.7. The maximum Gasteiger partial charge on any atom is 0.312 e. The number of urea groups is 1. The van der Waals surface area contributed by atoms with Crippen molar-refractivity contribution < 1.29 is 100 Å². The zero-order chi connectivity index (χ0) is 76.1. The SMILES string of the molecule is CC(C)C(=O)CCC(=O)CCOCCOCCOCCOCCC(=O)N[C@H](C(=O)C[C@@H](CCCNC(N)=O)C(=O)Nc1ccc(COC(C)(C)C)cc1)C(C)C.CC(C)OCc1ccc([N+](=O)[O-])cc1CC(=O)CCCC(=O)CCCOCCOCCOCCOCCC(=O)CCC(=O)C(C)C. The number of rotatable bonds is 62. The highest BCUT2D eigenvalue weighted by molar-refractivity contribution is 5.97. The van der Waals surface area contributed by atoms with Gasteiger partial charge in [0.2, 0.25) is 11.8 Å². The third-order valence-corrected chi connectivity index (χ3v) is 15.4. The van der Waals surface area contributed by atoms with Crippen LogP contribution in [0.2, 0.25) is 0 Å². The summed E-state index contributed by atoms with van der Waals surface area (Å²) in [5, 5.41) is 19.4. The van der Waals surface area contributed by atoms with Crippen LogP contribution in [0, 0.1) is 33.8 Å². The molecule has 0 aromatic heterocycles. The van der Waals surface area contributed by atoms with Crippen molar-refractivity contribution in [2.45, 2.75) is 210 Å². The average Bonchev–Trinajstić information content (AvgIpc) is 0.854. The molecule has 27 nitrogen and oxygen atoms in total. The van der Waals surface area contributed by atoms with Gasteiger partial charge < -0.3 is 69.1 Å². The normalized spacial score (nSPS) is 12.1. The van der Waals surface area contributed by atoms with Crippen LogP contribution in [-0.4, -0.2) is 193 Å². The first-order valence-corrected chi connectivity index (χ1v) is 36.0. The molecule has 0 spiro atoms. The number of benzene rings is 2. The Hall–Kier alpha value is -6.66. The number of ketones is 7. The van der Waals surface area contributed by atoms with E-state index >= 15 is 0 Å². The molecule has 0 bridgehead atoms. The van der Waals surface area contributed by atoms with Gasteiger partial charge >= 0.3 is 6.03 Å². The van der Waals surface area contributed by atoms with Crippen molar-refractivity contribution in [1.82, 2.24) is 10.6 Å². The summed E-state index contributed by atoms with van der Waals surface area (Å²) in [4.78, 5) is 133. The van der Waals surface area contributed by atoms with E-state index in [1.165, 1.54) is 12.1 Å². The summed E-state index contributed by atoms with van der Waals surface area (Å²) < 4.78 is 55.1. The predicted octanol–water partition coefficient (Wildman–Crippen LogP) is 9.71. The largest absolute Gasteiger partial charge is 0.379 e. The summed E-state index contributed by atoms with van der Waals surface area (Å²) in [6, 6.07) is 10.3. The number of nitrogens with one attached hydrogen (secondary N) is 3. The van der Waals surface area contributed by atoms with Gasteiger partial charge in [-0.1, -0.05) is 53.7 Å². The molecule has 27 heteroatoms. The highest BCUT2D eigenvalue weighted by atomic mass is 16.6. The van der Waals surface area contributed by atoms with Crippen molar-refractivity contribution in [2.24, 2.45) is 29.4 Å². The van der Waals surface area contributed by atoms with Gasteiger partial charge in [0.05, 0.1) is 135 Å². The van der Waals surface area contributed by atoms with Crippen molar-refractivity contribution >= 4 is 69.7 Å². The number of anilines is 1. The summed E-state index contributed by atoms with van der Waals surface area (Å²) in [5.74, 6) is -1.75. The molecular formula is C75H121N5O22. The second kappa shape index (κ2) is 56.8. The molecule has 578 valence electrons. The first kappa shape index (κ1) is 93.4. The fourth-order valence-corrected chi connectivity index (χ4v) is 9.33. The van der Waals surface area contributed by atoms with Gasteiger partial charge in [-0.25, -0.2) is 4.79 Å². The number of non-ortho nitro benzene ring substituents is 1. The number of carbonyl (C=O) groups excluding carboxylic acids is 10. The van der Waals surface area contributed by atoms with Crippen LogP contribution >= 0.6 is 0 Å². The molecular weight excluding hydrogens is 1320 g/mol. The van der Waals surface area contributed by atoms with E-state index in [2.05, 4.69) is 16.0 Å². The molecule has 0 aliphatic rings. The highest BCUT2D eigenvalue weighted by Crippen LogP contribution is 2.23. The average molecular weight is 1440 g/mol. The lowest BCUT2D eigenvalue weighted by atomic mass is 9.89. The number of nitro groups is 1. The maximum absolute atomic E-state index is 13.5. The van der Waals surface area contributed by atoms with Crippen LogP contribution in [0.3, 0.4) is 0 Å². The molecule has 0 radical (unpaired) electrons. The number of nitrogens with two attached hydrogens (primary N) is 1. The topological polar surface area (TPSA) is 368 Å². The molecule has 2 atom stereocenters. The molecule has 5 N–H and O–H groups in total. The number of Topliss-reactive ketones (excluding diaryl/α,β-unsaturated/α-hetero) is 7. The molecule has 0 saturated heterocycles. The molecule has 4 amide bonds. The van der Waals surface area contributed by atoms with E-state index in [-0.39, 0.29) is 165 Å². The van der Waals surface area contributed by atoms with Gasteiger partial charge in [-0.3, -0.25) is 53.3 Å². The number of primary amides is 1. The Balaban J connectivity index is 0.00000104. The zero-order valence-electron chi connectivity index (χ0n) is 62.8. The Morgan fingerprint density at radius 2 is 0.961 bits per heavy atom. The fourth-order valence-electron chi connectivity index (χ4n) is 9.33. The Morgan fingerprint density at radius 3 is 1.42 bits per heavy atom. The van der Waals surface area contributed by atoms with E-state index in [0.29, 0.717) is 162 Å². The molecule has 0 fully saturated rings. The molecule has 2 aromatic carbocycles. The number of nitro benzene ring substituents is 1. The summed E-state index contributed by atoms with van der Waals surface area (Å²) in [6.07, 6.45) is 4.34. The molecule has 0 unspecified atom stereocenters. The molecule has 2 rings (SSSR count). The lowest BCUT2D eigenvalue weighted by Crippen LogP contribution is -2.45. The second-order valence-electron chi connectivity index (χ2n) is 26.9. The van der Waals surface area contributed by atoms with Crippen molar-refractivity contribution in [3.05, 3.63) is 69.3 Å². The molecule has 2 aromatic rings. The van der Waals surface area contributed by atoms with Crippen LogP contribution in [0.5, 0.6) is 0 Å². The molecule has 0 saturated carbocycles. The Labute approximate surface area is 604 Å². The minimum atomic E-state index is -0.800. The number of hydrogen-bond acceptors (Lipinski definition) is 22. The second-order valence-corrected chi connectivity index (χ2v) is 26.9. The van der Waals surface area contributed by atoms with Crippen LogP contribution in [0.1, 0.15) is 189 Å². The first-order chi connectivity index (χ1) is 48.5. The van der Waals surface area contributed by atoms with Gasteiger partial charge in [0.25, 0.3) is 5.69 Å². The van der Waals surface area contributed by atoms with Crippen LogP contribution in [0.15, 0.2) is 42.5 Å². The van der Waals surface area contributed by atoms with Crippen LogP contribution in [0.25, 0.3) is 0 Å². The Morgan fingerprint density at radius 1 is 0.500 bits per heavy atom. The van der Waals surface area contributed by atoms with Gasteiger partial charge in [-0.05, 0) is 101 Å². The van der Waals surface area contributed by atoms with Gasteiger partial charge in [-0.15, -0.1) is 0 Å². The van der Waals surface area contributed by atoms with Crippen molar-refractivity contribution in [3.63, 3.8) is 0 Å². The first-order valence-electron chi connectivity index (χ1n) is 36.0. The van der Waals surface area contributed by atoms with E-state index in [4.69, 9.17) is 53.1 Å². The minimum absolute atomic E-state index is 0.0105. The Kier molecular flexibility index (Phi) is 51.9. The standard InChI is InChI=1S/C41H68N4O11.C34H53NO11/c1-29(2)35(47)15-14-34(46)16-19-52-21-23-54-25-26-55-24-22-53-20-17-37(49)45-38(30(3)4)36(48)27-32(9-8-18-43-40(42)51)39(50)44-33-12-10-31(11-13-33)28-56-41(5,6)7;1-26(2)34(39)13-12-32(37)14-16-43-18-20-45-22-21-44-19-17-42-15-6-9-31(36)7-5-8-33(38)24-29-23-30(35(40)41)11-10-28(29)25-46-27(3)4/h10-13,29-30,32,38H,8-9,14-28H2,1-7H3,(H,44,50)(H,45,49)(H3,42,43,51);10-11,23,26-27H,5-9,12-22,24-25H2,1-4H3/t32-,38+;/m1./s1. The Bertz CT molecular complexity index is 2770. The van der Waals surface area contributed by atoms with Crippen LogP contribution in [-0.2, 0) is 110 Å². The number of amides is 4. The molecule has 102 heavy (non-hydrogen) atoms. The van der Waals surface area contributed by atoms with Gasteiger partial charge in [-0.2, -0.15) is 0 Å². The van der Waals surface area contributed by atoms with E-state index in [1.54, 1.807) is 18.2 Å². The number of ether oxygens (including phenoxy) is 10. The fraction of sp³-hybridized carbons (Fsp3) is 0.707. The minimum Gasteiger partial charge on any atom is -0.379 e. The predicted molar refractivity (Wildman–Crippen MR) is 385 cm³/mol. The summed E-state index contributed by atoms with van der Waals surface area (Å²) in [6.45, 7) is 27.2. The van der Waals surface area contributed by atoms with Crippen LogP contribution < -0.4 is 21.7 Å². The van der Waals surface area contributed by atoms with E-state index in [0.717, 1.165) is 11.1 Å². The quantitative estimate of drug-likeness (QED) is 0.0272. The monoisotopic (exact) mass is 1440 g/mol. The highest BCUT2D eigenvalue weighted by Gasteiger charge is 2.30. The number of hydrogen-bond donors (Lipinski definition) is 4. The summed E-state index contributed by atoms with van der Waals surface area (Å²) in [5.41, 5.74) is 7.69. The third-order valence-electron chi connectivity index (χ3n) is 15.4. The summed E-state index contributed by atoms with van der Waals surface area (Å²) >= 11 is 0. The van der Waals surface area contributed by atoms with Crippen molar-refractivity contribution in [2.75, 3.05) is 118 Å². The van der Waals surface area contributed by atoms with Crippen molar-refractivity contribution in [3.8, 4) is 0 Å². The lowest BCUT2D eigenvalue weighted by molar-refractivity contribution is -0.384. The number of carbonyl (C=O) groups is 10. The molecule has 0 aliphatic heterocycles. The van der Waals surface area contributed by atoms with E-state index in [9.17, 15) is 58.1 Å². The molecule has 0 heterocycles.